The van der Waals surface area contributed by atoms with Gasteiger partial charge in [-0.15, -0.1) is 0 Å². The summed E-state index contributed by atoms with van der Waals surface area (Å²) in [5, 5.41) is 5.12. The van der Waals surface area contributed by atoms with E-state index in [2.05, 4.69) is 10.6 Å². The molecule has 0 bridgehead atoms. The van der Waals surface area contributed by atoms with E-state index in [0.29, 0.717) is 5.56 Å². The fourth-order valence-electron chi connectivity index (χ4n) is 3.60. The highest BCUT2D eigenvalue weighted by Gasteiger charge is 2.49. The number of hydrogen-bond donors (Lipinski definition) is 1. The van der Waals surface area contributed by atoms with Crippen LogP contribution in [0.5, 0.6) is 0 Å². The Kier molecular flexibility index (Phi) is 7.45. The van der Waals surface area contributed by atoms with Crippen molar-refractivity contribution in [3.8, 4) is 0 Å². The van der Waals surface area contributed by atoms with E-state index < -0.39 is 52.0 Å². The lowest BCUT2D eigenvalue weighted by Gasteiger charge is -2.25. The van der Waals surface area contributed by atoms with Crippen LogP contribution in [0.3, 0.4) is 0 Å². The van der Waals surface area contributed by atoms with Crippen molar-refractivity contribution in [2.45, 2.75) is 44.4 Å². The maximum Gasteiger partial charge on any atom is 0.519 e. The Bertz CT molecular complexity index is 1660. The molecule has 208 valence electrons. The molecule has 1 aliphatic rings. The molecule has 0 saturated carbocycles. The number of carbonyl (C=O) groups is 2. The first-order chi connectivity index (χ1) is 18.3. The summed E-state index contributed by atoms with van der Waals surface area (Å²) in [5.41, 5.74) is 1.38. The van der Waals surface area contributed by atoms with Crippen molar-refractivity contribution in [3.05, 3.63) is 74.1 Å². The molecule has 1 unspecified atom stereocenters. The summed E-state index contributed by atoms with van der Waals surface area (Å²) in [6.07, 6.45) is 1.05. The van der Waals surface area contributed by atoms with Crippen molar-refractivity contribution >= 4 is 27.4 Å². The summed E-state index contributed by atoms with van der Waals surface area (Å²) in [6.45, 7) is 3.07. The van der Waals surface area contributed by atoms with Crippen LogP contribution in [0.25, 0.3) is 0 Å². The Balaban J connectivity index is 1.55. The topological polar surface area (TPSA) is 201 Å². The van der Waals surface area contributed by atoms with Gasteiger partial charge < -0.3 is 22.4 Å². The average molecular weight is 566 g/mol. The number of hydrogen-bond acceptors (Lipinski definition) is 14. The molecule has 1 aliphatic heterocycles. The van der Waals surface area contributed by atoms with Crippen molar-refractivity contribution in [1.82, 2.24) is 10.5 Å². The van der Waals surface area contributed by atoms with Gasteiger partial charge in [0.15, 0.2) is 39.3 Å². The van der Waals surface area contributed by atoms with Gasteiger partial charge in [-0.25, -0.2) is 23.0 Å². The highest BCUT2D eigenvalue weighted by Crippen LogP contribution is 2.26. The molecule has 1 atom stereocenters. The van der Waals surface area contributed by atoms with E-state index in [1.165, 1.54) is 45.0 Å². The first-order valence-electron chi connectivity index (χ1n) is 11.2. The van der Waals surface area contributed by atoms with Crippen molar-refractivity contribution in [3.63, 3.8) is 0 Å². The minimum Gasteiger partial charge on any atom is -0.456 e. The molecule has 1 aromatic carbocycles. The van der Waals surface area contributed by atoms with Gasteiger partial charge in [0.2, 0.25) is 0 Å². The van der Waals surface area contributed by atoms with Crippen molar-refractivity contribution < 1.29 is 45.2 Å². The van der Waals surface area contributed by atoms with Crippen molar-refractivity contribution in [2.24, 2.45) is 5.10 Å². The predicted molar refractivity (Wildman–Crippen MR) is 128 cm³/mol. The van der Waals surface area contributed by atoms with Crippen LogP contribution in [0.15, 0.2) is 61.5 Å². The molecule has 0 radical (unpaired) electrons. The van der Waals surface area contributed by atoms with Crippen LogP contribution in [0, 0.1) is 13.8 Å². The number of amides is 1. The summed E-state index contributed by atoms with van der Waals surface area (Å²) < 4.78 is 48.0. The van der Waals surface area contributed by atoms with E-state index in [1.807, 2.05) is 0 Å². The second-order valence-electron chi connectivity index (χ2n) is 8.65. The number of nitrogens with zero attached hydrogens (tertiary/aromatic N) is 2. The second kappa shape index (κ2) is 10.5. The SMILES string of the molecule is Cc1oc(=O)oc1CONC1(C)C(=O)N(CC(=O)OCc2oc(=O)oc2C)N=C1c1ccc(S(C)(=O)=O)cc1. The molecule has 3 aromatic rings. The molecule has 1 N–H and O–H groups in total. The summed E-state index contributed by atoms with van der Waals surface area (Å²) in [5.74, 6) is -3.03. The van der Waals surface area contributed by atoms with Crippen LogP contribution < -0.4 is 17.1 Å². The Hall–Kier alpha value is -4.28. The predicted octanol–water partition coefficient (Wildman–Crippen LogP) is 0.569. The minimum absolute atomic E-state index is 0.0114. The largest absolute Gasteiger partial charge is 0.519 e. The lowest BCUT2D eigenvalue weighted by atomic mass is 9.91. The molecular weight excluding hydrogens is 542 g/mol. The van der Waals surface area contributed by atoms with E-state index in [0.717, 1.165) is 11.3 Å². The standard InChI is InChI=1S/C23H23N3O12S/c1-12-16(37-21(29)35-12)10-33-18(27)9-26-20(28)23(3,25-34-11-17-13(2)36-22(30)38-17)19(24-26)14-5-7-15(8-6-14)39(4,31)32/h5-8,25H,9-11H2,1-4H3. The smallest absolute Gasteiger partial charge is 0.456 e. The molecular formula is C23H23N3O12S. The van der Waals surface area contributed by atoms with E-state index in [4.69, 9.17) is 27.2 Å². The van der Waals surface area contributed by atoms with E-state index in [-0.39, 0.29) is 40.3 Å². The lowest BCUT2D eigenvalue weighted by molar-refractivity contribution is -0.152. The lowest BCUT2D eigenvalue weighted by Crippen LogP contribution is -2.55. The van der Waals surface area contributed by atoms with Crippen LogP contribution in [0.1, 0.15) is 35.5 Å². The zero-order valence-corrected chi connectivity index (χ0v) is 21.9. The summed E-state index contributed by atoms with van der Waals surface area (Å²) in [6, 6.07) is 5.60. The molecule has 0 spiro atoms. The van der Waals surface area contributed by atoms with Crippen LogP contribution in [0.4, 0.5) is 0 Å². The molecule has 2 aromatic heterocycles. The quantitative estimate of drug-likeness (QED) is 0.264. The van der Waals surface area contributed by atoms with Crippen LogP contribution in [-0.4, -0.2) is 49.4 Å². The van der Waals surface area contributed by atoms with E-state index in [1.54, 1.807) is 0 Å². The monoisotopic (exact) mass is 565 g/mol. The third kappa shape index (κ3) is 5.92. The number of aryl methyl sites for hydroxylation is 2. The van der Waals surface area contributed by atoms with Gasteiger partial charge in [-0.3, -0.25) is 14.4 Å². The number of ether oxygens (including phenoxy) is 1. The number of nitrogens with one attached hydrogen (secondary N) is 1. The molecule has 39 heavy (non-hydrogen) atoms. The van der Waals surface area contributed by atoms with Gasteiger partial charge in [-0.1, -0.05) is 12.1 Å². The fourth-order valence-corrected chi connectivity index (χ4v) is 4.23. The molecule has 3 heterocycles. The van der Waals surface area contributed by atoms with Crippen LogP contribution in [-0.2, 0) is 42.2 Å². The number of benzene rings is 1. The first-order valence-corrected chi connectivity index (χ1v) is 13.1. The third-order valence-electron chi connectivity index (χ3n) is 5.71. The summed E-state index contributed by atoms with van der Waals surface area (Å²) in [4.78, 5) is 53.8. The molecule has 0 saturated heterocycles. The number of rotatable bonds is 10. The highest BCUT2D eigenvalue weighted by molar-refractivity contribution is 7.90. The number of esters is 1. The van der Waals surface area contributed by atoms with Gasteiger partial charge >= 0.3 is 17.6 Å². The molecule has 0 aliphatic carbocycles. The van der Waals surface area contributed by atoms with E-state index in [9.17, 15) is 27.6 Å². The van der Waals surface area contributed by atoms with E-state index >= 15 is 0 Å². The Morgan fingerprint density at radius 1 is 0.974 bits per heavy atom. The molecule has 16 heteroatoms. The van der Waals surface area contributed by atoms with Crippen molar-refractivity contribution in [2.75, 3.05) is 12.8 Å². The normalized spacial score (nSPS) is 17.5. The fraction of sp³-hybridized carbons (Fsp3) is 0.348. The second-order valence-corrected chi connectivity index (χ2v) is 10.7. The Morgan fingerprint density at radius 3 is 2.05 bits per heavy atom. The summed E-state index contributed by atoms with van der Waals surface area (Å²) >= 11 is 0. The third-order valence-corrected chi connectivity index (χ3v) is 6.83. The van der Waals surface area contributed by atoms with Gasteiger partial charge in [-0.05, 0) is 32.9 Å². The van der Waals surface area contributed by atoms with Gasteiger partial charge in [0.05, 0.1) is 10.6 Å². The zero-order chi connectivity index (χ0) is 28.5. The number of carbonyl (C=O) groups excluding carboxylic acids is 2. The molecule has 15 nitrogen and oxygen atoms in total. The van der Waals surface area contributed by atoms with Crippen LogP contribution >= 0.6 is 0 Å². The van der Waals surface area contributed by atoms with Gasteiger partial charge in [0.25, 0.3) is 5.91 Å². The molecule has 1 amide bonds. The summed E-state index contributed by atoms with van der Waals surface area (Å²) in [7, 11) is -3.48. The maximum absolute atomic E-state index is 13.4. The van der Waals surface area contributed by atoms with Gasteiger partial charge in [0, 0.05) is 11.8 Å². The highest BCUT2D eigenvalue weighted by atomic mass is 32.2. The Morgan fingerprint density at radius 2 is 1.54 bits per heavy atom. The molecule has 4 rings (SSSR count). The average Bonchev–Trinajstić information content (AvgIpc) is 3.44. The number of hydroxylamine groups is 1. The van der Waals surface area contributed by atoms with Gasteiger partial charge in [0.1, 0.15) is 18.9 Å². The minimum atomic E-state index is -3.48. The molecule has 0 fully saturated rings. The zero-order valence-electron chi connectivity index (χ0n) is 21.1. The first kappa shape index (κ1) is 27.7. The maximum atomic E-state index is 13.4. The Labute approximate surface area is 219 Å². The number of hydrazone groups is 1. The van der Waals surface area contributed by atoms with Gasteiger partial charge in [-0.2, -0.15) is 10.6 Å². The van der Waals surface area contributed by atoms with Crippen molar-refractivity contribution in [1.29, 1.82) is 0 Å². The van der Waals surface area contributed by atoms with Crippen LogP contribution in [0.2, 0.25) is 0 Å². The number of sulfone groups is 1.